The van der Waals surface area contributed by atoms with Gasteiger partial charge in [-0.2, -0.15) is 0 Å². The number of hydrogen-bond acceptors (Lipinski definition) is 5. The van der Waals surface area contributed by atoms with Gasteiger partial charge in [-0.05, 0) is 31.9 Å². The third-order valence-electron chi connectivity index (χ3n) is 3.32. The molecule has 120 valence electrons. The van der Waals surface area contributed by atoms with Crippen LogP contribution in [0.4, 0.5) is 10.5 Å². The highest BCUT2D eigenvalue weighted by Crippen LogP contribution is 2.20. The minimum Gasteiger partial charge on any atom is -0.491 e. The average molecular weight is 307 g/mol. The van der Waals surface area contributed by atoms with Gasteiger partial charge in [-0.15, -0.1) is 0 Å². The lowest BCUT2D eigenvalue weighted by molar-refractivity contribution is -0.120. The second kappa shape index (κ2) is 7.65. The lowest BCUT2D eigenvalue weighted by atomic mass is 10.2. The van der Waals surface area contributed by atoms with Gasteiger partial charge in [-0.1, -0.05) is 6.07 Å². The largest absolute Gasteiger partial charge is 0.491 e. The third-order valence-corrected chi connectivity index (χ3v) is 3.32. The van der Waals surface area contributed by atoms with Gasteiger partial charge in [0.05, 0.1) is 6.10 Å². The van der Waals surface area contributed by atoms with Crippen molar-refractivity contribution in [3.8, 4) is 5.75 Å². The van der Waals surface area contributed by atoms with Gasteiger partial charge in [0.1, 0.15) is 18.4 Å². The minimum atomic E-state index is -0.868. The predicted octanol–water partition coefficient (Wildman–Crippen LogP) is 1.24. The van der Waals surface area contributed by atoms with Crippen molar-refractivity contribution in [2.75, 3.05) is 18.5 Å². The number of imide groups is 1. The summed E-state index contributed by atoms with van der Waals surface area (Å²) in [4.78, 5) is 22.3. The van der Waals surface area contributed by atoms with Crippen molar-refractivity contribution >= 4 is 17.6 Å². The van der Waals surface area contributed by atoms with E-state index in [0.717, 1.165) is 25.1 Å². The van der Waals surface area contributed by atoms with E-state index in [4.69, 9.17) is 15.2 Å². The summed E-state index contributed by atoms with van der Waals surface area (Å²) in [6, 6.07) is 5.81. The molecule has 7 heteroatoms. The molecule has 0 spiro atoms. The van der Waals surface area contributed by atoms with E-state index in [-0.39, 0.29) is 6.10 Å². The van der Waals surface area contributed by atoms with Crippen LogP contribution in [-0.2, 0) is 9.53 Å². The number of nitrogens with two attached hydrogens (primary N) is 1. The fraction of sp³-hybridized carbons (Fsp3) is 0.467. The van der Waals surface area contributed by atoms with Gasteiger partial charge < -0.3 is 20.5 Å². The average Bonchev–Trinajstić information content (AvgIpc) is 2.98. The van der Waals surface area contributed by atoms with Crippen LogP contribution in [0, 0.1) is 0 Å². The fourth-order valence-corrected chi connectivity index (χ4v) is 2.19. The van der Waals surface area contributed by atoms with Crippen LogP contribution in [-0.4, -0.2) is 37.3 Å². The molecule has 22 heavy (non-hydrogen) atoms. The quantitative estimate of drug-likeness (QED) is 0.734. The number of carbonyl (C=O) groups excluding carboxylic acids is 2. The molecule has 1 aliphatic rings. The number of primary amides is 1. The van der Waals surface area contributed by atoms with Crippen molar-refractivity contribution in [2.45, 2.75) is 31.9 Å². The summed E-state index contributed by atoms with van der Waals surface area (Å²) in [5.74, 6) is 0.209. The highest BCUT2D eigenvalue weighted by molar-refractivity contribution is 5.97. The van der Waals surface area contributed by atoms with E-state index in [2.05, 4.69) is 5.32 Å². The van der Waals surface area contributed by atoms with Crippen LogP contribution in [0.2, 0.25) is 0 Å². The molecule has 0 radical (unpaired) electrons. The molecule has 1 aromatic rings. The Hall–Kier alpha value is -2.28. The summed E-state index contributed by atoms with van der Waals surface area (Å²) >= 11 is 0. The van der Waals surface area contributed by atoms with E-state index in [1.165, 1.54) is 0 Å². The molecular formula is C15H21N3O4. The number of amides is 3. The van der Waals surface area contributed by atoms with Crippen LogP contribution in [0.15, 0.2) is 24.3 Å². The fourth-order valence-electron chi connectivity index (χ4n) is 2.19. The molecule has 4 N–H and O–H groups in total. The maximum atomic E-state index is 11.6. The van der Waals surface area contributed by atoms with Gasteiger partial charge in [0, 0.05) is 18.4 Å². The Bertz CT molecular complexity index is 529. The second-order valence-corrected chi connectivity index (χ2v) is 5.19. The van der Waals surface area contributed by atoms with Crippen LogP contribution < -0.4 is 21.1 Å². The van der Waals surface area contributed by atoms with Crippen LogP contribution in [0.3, 0.4) is 0 Å². The van der Waals surface area contributed by atoms with Crippen molar-refractivity contribution in [3.63, 3.8) is 0 Å². The van der Waals surface area contributed by atoms with Gasteiger partial charge in [-0.3, -0.25) is 10.1 Å². The Balaban J connectivity index is 1.87. The number of nitrogens with one attached hydrogen (secondary N) is 2. The first-order valence-corrected chi connectivity index (χ1v) is 7.26. The van der Waals surface area contributed by atoms with Crippen LogP contribution in [0.25, 0.3) is 0 Å². The smallest absolute Gasteiger partial charge is 0.318 e. The molecule has 2 rings (SSSR count). The number of carbonyl (C=O) groups is 2. The Kier molecular flexibility index (Phi) is 5.60. The van der Waals surface area contributed by atoms with Gasteiger partial charge in [-0.25, -0.2) is 4.79 Å². The normalized spacial score (nSPS) is 18.5. The molecule has 0 saturated carbocycles. The molecule has 1 aromatic carbocycles. The van der Waals surface area contributed by atoms with Crippen molar-refractivity contribution in [2.24, 2.45) is 5.73 Å². The van der Waals surface area contributed by atoms with Gasteiger partial charge >= 0.3 is 6.03 Å². The highest BCUT2D eigenvalue weighted by Gasteiger charge is 2.17. The maximum absolute atomic E-state index is 11.6. The molecule has 3 amide bonds. The number of hydrogen-bond donors (Lipinski definition) is 3. The third kappa shape index (κ3) is 4.92. The van der Waals surface area contributed by atoms with Crippen LogP contribution in [0.1, 0.15) is 19.8 Å². The first kappa shape index (κ1) is 16.1. The number of urea groups is 1. The Morgan fingerprint density at radius 2 is 2.32 bits per heavy atom. The Morgan fingerprint density at radius 1 is 1.50 bits per heavy atom. The molecule has 1 aliphatic heterocycles. The molecule has 1 saturated heterocycles. The Morgan fingerprint density at radius 3 is 3.00 bits per heavy atom. The molecule has 0 unspecified atom stereocenters. The van der Waals surface area contributed by atoms with Crippen molar-refractivity contribution < 1.29 is 19.1 Å². The molecule has 0 aromatic heterocycles. The Labute approximate surface area is 129 Å². The number of ether oxygens (including phenoxy) is 2. The first-order chi connectivity index (χ1) is 10.5. The maximum Gasteiger partial charge on any atom is 0.318 e. The van der Waals surface area contributed by atoms with E-state index < -0.39 is 18.0 Å². The lowest BCUT2D eigenvalue weighted by Gasteiger charge is -2.16. The minimum absolute atomic E-state index is 0.150. The zero-order chi connectivity index (χ0) is 15.9. The second-order valence-electron chi connectivity index (χ2n) is 5.19. The summed E-state index contributed by atoms with van der Waals surface area (Å²) in [5.41, 5.74) is 5.64. The molecule has 0 aliphatic carbocycles. The van der Waals surface area contributed by atoms with Gasteiger partial charge in [0.15, 0.2) is 0 Å². The molecule has 7 nitrogen and oxygen atoms in total. The topological polar surface area (TPSA) is 103 Å². The van der Waals surface area contributed by atoms with Gasteiger partial charge in [0.2, 0.25) is 5.91 Å². The lowest BCUT2D eigenvalue weighted by Crippen LogP contribution is -2.43. The van der Waals surface area contributed by atoms with E-state index in [0.29, 0.717) is 12.4 Å². The summed E-state index contributed by atoms with van der Waals surface area (Å²) in [6.45, 7) is 2.95. The number of benzene rings is 1. The van der Waals surface area contributed by atoms with Gasteiger partial charge in [0.25, 0.3) is 0 Å². The van der Waals surface area contributed by atoms with E-state index in [9.17, 15) is 9.59 Å². The standard InChI is InChI=1S/C15H21N3O4/c1-10(14(19)18-15(16)20)17-11-4-2-5-12(8-11)22-9-13-6-3-7-21-13/h2,4-5,8,10,13,17H,3,6-7,9H2,1H3,(H3,16,18,19,20)/t10-,13-/m1/s1. The molecule has 1 fully saturated rings. The summed E-state index contributed by atoms with van der Waals surface area (Å²) in [5, 5.41) is 5.01. The van der Waals surface area contributed by atoms with Crippen LogP contribution >= 0.6 is 0 Å². The van der Waals surface area contributed by atoms with E-state index >= 15 is 0 Å². The monoisotopic (exact) mass is 307 g/mol. The molecule has 0 bridgehead atoms. The van der Waals surface area contributed by atoms with E-state index in [1.54, 1.807) is 13.0 Å². The highest BCUT2D eigenvalue weighted by atomic mass is 16.5. The van der Waals surface area contributed by atoms with E-state index in [1.807, 2.05) is 23.5 Å². The van der Waals surface area contributed by atoms with Crippen molar-refractivity contribution in [1.29, 1.82) is 0 Å². The zero-order valence-electron chi connectivity index (χ0n) is 12.5. The summed E-state index contributed by atoms with van der Waals surface area (Å²) in [7, 11) is 0. The SMILES string of the molecule is C[C@@H](Nc1cccc(OC[C@H]2CCCO2)c1)C(=O)NC(N)=O. The summed E-state index contributed by atoms with van der Waals surface area (Å²) in [6.07, 6.45) is 2.24. The predicted molar refractivity (Wildman–Crippen MR) is 81.7 cm³/mol. The molecule has 2 atom stereocenters. The zero-order valence-corrected chi connectivity index (χ0v) is 12.5. The van der Waals surface area contributed by atoms with Crippen LogP contribution in [0.5, 0.6) is 5.75 Å². The molecule has 1 heterocycles. The number of anilines is 1. The summed E-state index contributed by atoms with van der Waals surface area (Å²) < 4.78 is 11.2. The van der Waals surface area contributed by atoms with Crippen molar-refractivity contribution in [1.82, 2.24) is 5.32 Å². The van der Waals surface area contributed by atoms with Crippen molar-refractivity contribution in [3.05, 3.63) is 24.3 Å². The first-order valence-electron chi connectivity index (χ1n) is 7.26. The molecular weight excluding hydrogens is 286 g/mol. The number of rotatable bonds is 6.